The van der Waals surface area contributed by atoms with Crippen molar-refractivity contribution in [1.29, 1.82) is 0 Å². The summed E-state index contributed by atoms with van der Waals surface area (Å²) < 4.78 is 10.4. The predicted octanol–water partition coefficient (Wildman–Crippen LogP) is 0.714. The number of hydrogen-bond donors (Lipinski definition) is 1. The van der Waals surface area contributed by atoms with E-state index in [-0.39, 0.29) is 24.8 Å². The Balaban J connectivity index is 2.26. The van der Waals surface area contributed by atoms with Gasteiger partial charge in [-0.2, -0.15) is 0 Å². The van der Waals surface area contributed by atoms with Crippen LogP contribution in [0.25, 0.3) is 0 Å². The van der Waals surface area contributed by atoms with Gasteiger partial charge in [0, 0.05) is 12.2 Å². The Morgan fingerprint density at radius 1 is 1.52 bits per heavy atom. The number of carbonyl (C=O) groups is 2. The van der Waals surface area contributed by atoms with Crippen LogP contribution in [0.4, 0.5) is 0 Å². The first-order valence-corrected chi connectivity index (χ1v) is 6.65. The minimum atomic E-state index is -0.961. The van der Waals surface area contributed by atoms with E-state index in [1.807, 2.05) is 0 Å². The Kier molecular flexibility index (Phi) is 4.74. The lowest BCUT2D eigenvalue weighted by molar-refractivity contribution is -0.139. The number of carboxylic acids is 1. The minimum Gasteiger partial charge on any atom is -0.481 e. The molecule has 0 radical (unpaired) electrons. The molecular weight excluding hydrogens is 276 g/mol. The van der Waals surface area contributed by atoms with Crippen molar-refractivity contribution in [3.8, 4) is 5.88 Å². The Labute approximate surface area is 122 Å². The van der Waals surface area contributed by atoms with Gasteiger partial charge in [-0.05, 0) is 19.1 Å². The van der Waals surface area contributed by atoms with E-state index in [9.17, 15) is 9.59 Å². The van der Waals surface area contributed by atoms with Crippen molar-refractivity contribution in [2.24, 2.45) is 0 Å². The first-order valence-electron chi connectivity index (χ1n) is 6.65. The third kappa shape index (κ3) is 3.49. The number of aryl methyl sites for hydroxylation is 1. The average Bonchev–Trinajstić information content (AvgIpc) is 2.46. The summed E-state index contributed by atoms with van der Waals surface area (Å²) in [6.45, 7) is 2.77. The quantitative estimate of drug-likeness (QED) is 0.880. The van der Waals surface area contributed by atoms with E-state index < -0.39 is 12.0 Å². The van der Waals surface area contributed by atoms with Gasteiger partial charge in [0.05, 0.1) is 32.8 Å². The van der Waals surface area contributed by atoms with Crippen LogP contribution >= 0.6 is 0 Å². The van der Waals surface area contributed by atoms with Crippen LogP contribution in [-0.4, -0.2) is 59.8 Å². The largest absolute Gasteiger partial charge is 0.481 e. The summed E-state index contributed by atoms with van der Waals surface area (Å²) >= 11 is 0. The first kappa shape index (κ1) is 15.2. The predicted molar refractivity (Wildman–Crippen MR) is 73.4 cm³/mol. The maximum atomic E-state index is 12.6. The molecule has 0 saturated carbocycles. The zero-order valence-electron chi connectivity index (χ0n) is 12.0. The summed E-state index contributed by atoms with van der Waals surface area (Å²) in [5, 5.41) is 8.94. The van der Waals surface area contributed by atoms with Crippen LogP contribution in [0.2, 0.25) is 0 Å². The van der Waals surface area contributed by atoms with Gasteiger partial charge in [-0.15, -0.1) is 0 Å². The highest BCUT2D eigenvalue weighted by Gasteiger charge is 2.31. The Morgan fingerprint density at radius 3 is 2.95 bits per heavy atom. The molecule has 1 aromatic rings. The van der Waals surface area contributed by atoms with Gasteiger partial charge in [-0.3, -0.25) is 9.59 Å². The van der Waals surface area contributed by atoms with Gasteiger partial charge in [0.2, 0.25) is 5.88 Å². The van der Waals surface area contributed by atoms with Crippen LogP contribution in [0.1, 0.15) is 22.5 Å². The van der Waals surface area contributed by atoms with Crippen LogP contribution < -0.4 is 4.74 Å². The molecule has 0 aromatic carbocycles. The fourth-order valence-electron chi connectivity index (χ4n) is 2.30. The first-order chi connectivity index (χ1) is 10.0. The maximum Gasteiger partial charge on any atom is 0.305 e. The third-order valence-electron chi connectivity index (χ3n) is 3.32. The maximum absolute atomic E-state index is 12.6. The number of aromatic nitrogens is 1. The molecule has 7 heteroatoms. The van der Waals surface area contributed by atoms with E-state index in [1.165, 1.54) is 12.0 Å². The highest BCUT2D eigenvalue weighted by Crippen LogP contribution is 2.21. The lowest BCUT2D eigenvalue weighted by Crippen LogP contribution is -2.49. The summed E-state index contributed by atoms with van der Waals surface area (Å²) in [5.74, 6) is -0.994. The second-order valence-corrected chi connectivity index (χ2v) is 4.83. The fraction of sp³-hybridized carbons (Fsp3) is 0.500. The standard InChI is InChI=1S/C14H18N2O5/c1-9-3-4-11(13(15-9)20-2)14(19)16-5-6-21-8-10(16)7-12(17)18/h3-4,10H,5-8H2,1-2H3,(H,17,18)/t10-/m1/s1. The Bertz CT molecular complexity index is 546. The number of pyridine rings is 1. The zero-order valence-corrected chi connectivity index (χ0v) is 12.0. The van der Waals surface area contributed by atoms with Gasteiger partial charge in [-0.1, -0.05) is 0 Å². The van der Waals surface area contributed by atoms with Crippen LogP contribution in [-0.2, 0) is 9.53 Å². The molecule has 1 aliphatic heterocycles. The molecule has 7 nitrogen and oxygen atoms in total. The molecular formula is C14H18N2O5. The highest BCUT2D eigenvalue weighted by atomic mass is 16.5. The molecule has 1 aliphatic rings. The molecule has 2 rings (SSSR count). The van der Waals surface area contributed by atoms with Gasteiger partial charge in [0.15, 0.2) is 0 Å². The monoisotopic (exact) mass is 294 g/mol. The zero-order chi connectivity index (χ0) is 15.4. The minimum absolute atomic E-state index is 0.145. The second kappa shape index (κ2) is 6.53. The number of rotatable bonds is 4. The molecule has 1 N–H and O–H groups in total. The summed E-state index contributed by atoms with van der Waals surface area (Å²) in [6.07, 6.45) is -0.145. The van der Waals surface area contributed by atoms with Gasteiger partial charge in [0.25, 0.3) is 5.91 Å². The van der Waals surface area contributed by atoms with E-state index in [4.69, 9.17) is 14.6 Å². The van der Waals surface area contributed by atoms with E-state index >= 15 is 0 Å². The van der Waals surface area contributed by atoms with Gasteiger partial charge in [-0.25, -0.2) is 4.98 Å². The molecule has 1 amide bonds. The number of ether oxygens (including phenoxy) is 2. The number of amides is 1. The van der Waals surface area contributed by atoms with E-state index in [2.05, 4.69) is 4.98 Å². The molecule has 21 heavy (non-hydrogen) atoms. The van der Waals surface area contributed by atoms with Crippen molar-refractivity contribution in [1.82, 2.24) is 9.88 Å². The van der Waals surface area contributed by atoms with Gasteiger partial charge >= 0.3 is 5.97 Å². The van der Waals surface area contributed by atoms with Crippen molar-refractivity contribution in [3.05, 3.63) is 23.4 Å². The van der Waals surface area contributed by atoms with Crippen LogP contribution in [0, 0.1) is 6.92 Å². The molecule has 1 saturated heterocycles. The number of methoxy groups -OCH3 is 1. The number of aliphatic carboxylic acids is 1. The Morgan fingerprint density at radius 2 is 2.29 bits per heavy atom. The molecule has 1 fully saturated rings. The third-order valence-corrected chi connectivity index (χ3v) is 3.32. The van der Waals surface area contributed by atoms with E-state index in [0.717, 1.165) is 5.69 Å². The normalized spacial score (nSPS) is 18.4. The summed E-state index contributed by atoms with van der Waals surface area (Å²) in [5.41, 5.74) is 1.08. The van der Waals surface area contributed by atoms with E-state index in [1.54, 1.807) is 19.1 Å². The van der Waals surface area contributed by atoms with Gasteiger partial charge in [0.1, 0.15) is 5.56 Å². The lowest BCUT2D eigenvalue weighted by Gasteiger charge is -2.35. The molecule has 2 heterocycles. The SMILES string of the molecule is COc1nc(C)ccc1C(=O)N1CCOC[C@H]1CC(=O)O. The van der Waals surface area contributed by atoms with Crippen molar-refractivity contribution >= 4 is 11.9 Å². The molecule has 0 spiro atoms. The van der Waals surface area contributed by atoms with Crippen molar-refractivity contribution < 1.29 is 24.2 Å². The number of carbonyl (C=O) groups excluding carboxylic acids is 1. The van der Waals surface area contributed by atoms with Crippen molar-refractivity contribution in [3.63, 3.8) is 0 Å². The number of morpholine rings is 1. The lowest BCUT2D eigenvalue weighted by atomic mass is 10.1. The van der Waals surface area contributed by atoms with Gasteiger partial charge < -0.3 is 19.5 Å². The van der Waals surface area contributed by atoms with Crippen molar-refractivity contribution in [2.75, 3.05) is 26.9 Å². The van der Waals surface area contributed by atoms with Crippen molar-refractivity contribution in [2.45, 2.75) is 19.4 Å². The number of nitrogens with zero attached hydrogens (tertiary/aromatic N) is 2. The smallest absolute Gasteiger partial charge is 0.305 e. The molecule has 1 aromatic heterocycles. The van der Waals surface area contributed by atoms with Crippen LogP contribution in [0.3, 0.4) is 0 Å². The van der Waals surface area contributed by atoms with Crippen LogP contribution in [0.5, 0.6) is 5.88 Å². The highest BCUT2D eigenvalue weighted by molar-refractivity contribution is 5.96. The summed E-state index contributed by atoms with van der Waals surface area (Å²) in [4.78, 5) is 29.2. The van der Waals surface area contributed by atoms with Crippen LogP contribution in [0.15, 0.2) is 12.1 Å². The Hall–Kier alpha value is -2.15. The fourth-order valence-corrected chi connectivity index (χ4v) is 2.30. The topological polar surface area (TPSA) is 89.0 Å². The summed E-state index contributed by atoms with van der Waals surface area (Å²) in [7, 11) is 1.45. The molecule has 1 atom stereocenters. The molecule has 114 valence electrons. The molecule has 0 aliphatic carbocycles. The summed E-state index contributed by atoms with van der Waals surface area (Å²) in [6, 6.07) is 2.90. The molecule has 0 unspecified atom stereocenters. The number of carboxylic acid groups (broad SMARTS) is 1. The average molecular weight is 294 g/mol. The number of hydrogen-bond acceptors (Lipinski definition) is 5. The second-order valence-electron chi connectivity index (χ2n) is 4.83. The molecule has 0 bridgehead atoms. The van der Waals surface area contributed by atoms with E-state index in [0.29, 0.717) is 18.7 Å².